The number of hydrogen-bond acceptors (Lipinski definition) is 2. The summed E-state index contributed by atoms with van der Waals surface area (Å²) in [4.78, 5) is 10.6. The number of aldehydes is 1. The number of aliphatic hydroxyl groups is 1. The molecule has 0 aliphatic carbocycles. The van der Waals surface area contributed by atoms with E-state index >= 15 is 0 Å². The normalized spacial score (nSPS) is 12.5. The Labute approximate surface area is 78.2 Å². The van der Waals surface area contributed by atoms with Gasteiger partial charge in [-0.25, -0.2) is 0 Å². The average molecular weight is 178 g/mol. The molecule has 0 bridgehead atoms. The summed E-state index contributed by atoms with van der Waals surface area (Å²) in [5.41, 5.74) is 2.95. The van der Waals surface area contributed by atoms with Gasteiger partial charge in [0.2, 0.25) is 0 Å². The molecule has 0 saturated heterocycles. The van der Waals surface area contributed by atoms with Crippen molar-refractivity contribution in [2.24, 2.45) is 0 Å². The Balaban J connectivity index is 3.10. The number of aliphatic hydroxyl groups excluding tert-OH is 1. The zero-order valence-corrected chi connectivity index (χ0v) is 7.95. The Hall–Kier alpha value is -1.15. The van der Waals surface area contributed by atoms with Crippen LogP contribution < -0.4 is 0 Å². The van der Waals surface area contributed by atoms with Crippen molar-refractivity contribution in [1.82, 2.24) is 0 Å². The number of carbonyl (C=O) groups is 1. The summed E-state index contributed by atoms with van der Waals surface area (Å²) in [7, 11) is 0. The van der Waals surface area contributed by atoms with Crippen LogP contribution in [0.25, 0.3) is 0 Å². The molecule has 1 N–H and O–H groups in total. The quantitative estimate of drug-likeness (QED) is 0.716. The van der Waals surface area contributed by atoms with Crippen molar-refractivity contribution in [2.75, 3.05) is 0 Å². The van der Waals surface area contributed by atoms with Gasteiger partial charge >= 0.3 is 0 Å². The summed E-state index contributed by atoms with van der Waals surface area (Å²) in [5.74, 6) is -0.0912. The van der Waals surface area contributed by atoms with E-state index in [2.05, 4.69) is 0 Å². The lowest BCUT2D eigenvalue weighted by atomic mass is 9.96. The lowest BCUT2D eigenvalue weighted by Gasteiger charge is -2.09. The molecule has 0 aromatic heterocycles. The third-order valence-electron chi connectivity index (χ3n) is 2.22. The van der Waals surface area contributed by atoms with Crippen LogP contribution in [-0.4, -0.2) is 11.4 Å². The van der Waals surface area contributed by atoms with Crippen molar-refractivity contribution in [3.05, 3.63) is 34.9 Å². The second-order valence-corrected chi connectivity index (χ2v) is 3.27. The Kier molecular flexibility index (Phi) is 3.20. The first-order chi connectivity index (χ1) is 6.19. The van der Waals surface area contributed by atoms with Crippen molar-refractivity contribution in [2.45, 2.75) is 26.4 Å². The topological polar surface area (TPSA) is 37.3 Å². The fourth-order valence-corrected chi connectivity index (χ4v) is 1.35. The monoisotopic (exact) mass is 178 g/mol. The maximum atomic E-state index is 10.6. The van der Waals surface area contributed by atoms with E-state index in [0.29, 0.717) is 0 Å². The molecule has 1 aromatic carbocycles. The van der Waals surface area contributed by atoms with E-state index in [4.69, 9.17) is 5.11 Å². The molecule has 2 nitrogen and oxygen atoms in total. The van der Waals surface area contributed by atoms with E-state index in [-0.39, 0.29) is 12.5 Å². The first kappa shape index (κ1) is 9.93. The van der Waals surface area contributed by atoms with Crippen molar-refractivity contribution < 1.29 is 9.90 Å². The maximum Gasteiger partial charge on any atom is 0.127 e. The van der Waals surface area contributed by atoms with E-state index in [9.17, 15) is 4.79 Å². The predicted octanol–water partition coefficient (Wildman–Crippen LogP) is 1.79. The molecule has 70 valence electrons. The van der Waals surface area contributed by atoms with E-state index in [1.54, 1.807) is 0 Å². The van der Waals surface area contributed by atoms with Gasteiger partial charge in [0.05, 0.1) is 6.61 Å². The van der Waals surface area contributed by atoms with Gasteiger partial charge < -0.3 is 9.90 Å². The summed E-state index contributed by atoms with van der Waals surface area (Å²) in [5, 5.41) is 8.92. The molecular formula is C11H14O2. The number of benzene rings is 1. The van der Waals surface area contributed by atoms with Crippen molar-refractivity contribution in [3.8, 4) is 0 Å². The molecule has 1 atom stereocenters. The smallest absolute Gasteiger partial charge is 0.127 e. The van der Waals surface area contributed by atoms with E-state index in [1.165, 1.54) is 0 Å². The van der Waals surface area contributed by atoms with Crippen LogP contribution in [0.2, 0.25) is 0 Å². The second kappa shape index (κ2) is 4.19. The van der Waals surface area contributed by atoms with Crippen molar-refractivity contribution >= 4 is 6.29 Å². The number of aryl methyl sites for hydroxylation is 1. The summed E-state index contributed by atoms with van der Waals surface area (Å²) >= 11 is 0. The zero-order chi connectivity index (χ0) is 9.84. The first-order valence-electron chi connectivity index (χ1n) is 4.34. The second-order valence-electron chi connectivity index (χ2n) is 3.27. The van der Waals surface area contributed by atoms with E-state index in [0.717, 1.165) is 23.0 Å². The molecule has 0 fully saturated rings. The predicted molar refractivity (Wildman–Crippen MR) is 51.6 cm³/mol. The van der Waals surface area contributed by atoms with Gasteiger partial charge in [-0.05, 0) is 23.6 Å². The highest BCUT2D eigenvalue weighted by Crippen LogP contribution is 2.19. The highest BCUT2D eigenvalue weighted by atomic mass is 16.3. The molecule has 1 aromatic rings. The molecule has 0 amide bonds. The lowest BCUT2D eigenvalue weighted by molar-refractivity contribution is -0.108. The summed E-state index contributed by atoms with van der Waals surface area (Å²) in [6, 6.07) is 5.69. The lowest BCUT2D eigenvalue weighted by Crippen LogP contribution is -1.99. The fraction of sp³-hybridized carbons (Fsp3) is 0.364. The molecule has 0 radical (unpaired) electrons. The molecule has 0 aliphatic heterocycles. The van der Waals surface area contributed by atoms with Gasteiger partial charge in [-0.3, -0.25) is 0 Å². The molecular weight excluding hydrogens is 164 g/mol. The third-order valence-corrected chi connectivity index (χ3v) is 2.22. The standard InChI is InChI=1S/C11H14O2/c1-8-3-4-10(7-13)5-11(8)9(2)6-12/h3-6,9,13H,7H2,1-2H3. The van der Waals surface area contributed by atoms with Crippen LogP contribution in [0.3, 0.4) is 0 Å². The SMILES string of the molecule is Cc1ccc(CO)cc1C(C)C=O. The molecule has 1 unspecified atom stereocenters. The fourth-order valence-electron chi connectivity index (χ4n) is 1.35. The van der Waals surface area contributed by atoms with Crippen molar-refractivity contribution in [3.63, 3.8) is 0 Å². The summed E-state index contributed by atoms with van der Waals surface area (Å²) < 4.78 is 0. The minimum atomic E-state index is -0.0912. The molecule has 0 saturated carbocycles. The molecule has 1 rings (SSSR count). The minimum Gasteiger partial charge on any atom is -0.392 e. The highest BCUT2D eigenvalue weighted by Gasteiger charge is 2.07. The number of carbonyl (C=O) groups excluding carboxylic acids is 1. The van der Waals surface area contributed by atoms with Gasteiger partial charge in [-0.15, -0.1) is 0 Å². The van der Waals surface area contributed by atoms with Crippen LogP contribution in [0, 0.1) is 6.92 Å². The van der Waals surface area contributed by atoms with E-state index < -0.39 is 0 Å². The molecule has 0 spiro atoms. The highest BCUT2D eigenvalue weighted by molar-refractivity contribution is 5.62. The van der Waals surface area contributed by atoms with Gasteiger partial charge in [-0.1, -0.05) is 25.1 Å². The Morgan fingerprint density at radius 2 is 2.23 bits per heavy atom. The number of rotatable bonds is 3. The zero-order valence-electron chi connectivity index (χ0n) is 7.95. The summed E-state index contributed by atoms with van der Waals surface area (Å²) in [6.45, 7) is 3.85. The van der Waals surface area contributed by atoms with Crippen molar-refractivity contribution in [1.29, 1.82) is 0 Å². The Morgan fingerprint density at radius 3 is 2.77 bits per heavy atom. The van der Waals surface area contributed by atoms with Gasteiger partial charge in [-0.2, -0.15) is 0 Å². The van der Waals surface area contributed by atoms with Crippen LogP contribution in [0.5, 0.6) is 0 Å². The Morgan fingerprint density at radius 1 is 1.54 bits per heavy atom. The van der Waals surface area contributed by atoms with E-state index in [1.807, 2.05) is 32.0 Å². The van der Waals surface area contributed by atoms with Crippen LogP contribution in [0.4, 0.5) is 0 Å². The molecule has 0 heterocycles. The van der Waals surface area contributed by atoms with Crippen LogP contribution in [0.15, 0.2) is 18.2 Å². The maximum absolute atomic E-state index is 10.6. The number of hydrogen-bond donors (Lipinski definition) is 1. The average Bonchev–Trinajstić information content (AvgIpc) is 2.17. The van der Waals surface area contributed by atoms with Gasteiger partial charge in [0, 0.05) is 5.92 Å². The molecule has 2 heteroatoms. The van der Waals surface area contributed by atoms with Gasteiger partial charge in [0.1, 0.15) is 6.29 Å². The van der Waals surface area contributed by atoms with Crippen LogP contribution in [0.1, 0.15) is 29.5 Å². The third kappa shape index (κ3) is 2.16. The largest absolute Gasteiger partial charge is 0.392 e. The van der Waals surface area contributed by atoms with Gasteiger partial charge in [0.15, 0.2) is 0 Å². The molecule has 0 aliphatic rings. The molecule has 13 heavy (non-hydrogen) atoms. The minimum absolute atomic E-state index is 0.0266. The summed E-state index contributed by atoms with van der Waals surface area (Å²) in [6.07, 6.45) is 0.920. The van der Waals surface area contributed by atoms with Crippen LogP contribution in [-0.2, 0) is 11.4 Å². The van der Waals surface area contributed by atoms with Crippen LogP contribution >= 0.6 is 0 Å². The first-order valence-corrected chi connectivity index (χ1v) is 4.34. The Bertz CT molecular complexity index is 305. The van der Waals surface area contributed by atoms with Gasteiger partial charge in [0.25, 0.3) is 0 Å².